The Kier molecular flexibility index (Phi) is 7.57. The number of nitrogens with two attached hydrogens (primary N) is 1. The number of nitrogens with one attached hydrogen (secondary N) is 1. The van der Waals surface area contributed by atoms with Crippen molar-refractivity contribution in [2.45, 2.75) is 18.9 Å². The van der Waals surface area contributed by atoms with Crippen molar-refractivity contribution in [1.29, 1.82) is 0 Å². The van der Waals surface area contributed by atoms with E-state index in [0.717, 1.165) is 0 Å². The SMILES string of the molecule is CNCCOC(=O)[C@H](N)CCC(=O)OC. The minimum absolute atomic E-state index is 0.124. The van der Waals surface area contributed by atoms with Crippen LogP contribution in [0.2, 0.25) is 0 Å². The molecule has 0 radical (unpaired) electrons. The predicted molar refractivity (Wildman–Crippen MR) is 54.1 cm³/mol. The van der Waals surface area contributed by atoms with E-state index >= 15 is 0 Å². The van der Waals surface area contributed by atoms with Crippen molar-refractivity contribution in [1.82, 2.24) is 5.32 Å². The maximum atomic E-state index is 11.2. The molecule has 0 saturated heterocycles. The van der Waals surface area contributed by atoms with E-state index < -0.39 is 12.0 Å². The van der Waals surface area contributed by atoms with E-state index in [-0.39, 0.29) is 25.4 Å². The zero-order chi connectivity index (χ0) is 11.7. The van der Waals surface area contributed by atoms with Gasteiger partial charge in [-0.05, 0) is 13.5 Å². The quantitative estimate of drug-likeness (QED) is 0.422. The summed E-state index contributed by atoms with van der Waals surface area (Å²) in [5.41, 5.74) is 5.50. The lowest BCUT2D eigenvalue weighted by Crippen LogP contribution is -2.34. The van der Waals surface area contributed by atoms with Crippen LogP contribution in [-0.2, 0) is 19.1 Å². The van der Waals surface area contributed by atoms with Crippen LogP contribution in [0.3, 0.4) is 0 Å². The molecule has 0 bridgehead atoms. The lowest BCUT2D eigenvalue weighted by molar-refractivity contribution is -0.145. The first-order chi connectivity index (χ1) is 7.11. The first kappa shape index (κ1) is 13.9. The summed E-state index contributed by atoms with van der Waals surface area (Å²) >= 11 is 0. The Hall–Kier alpha value is -1.14. The fourth-order valence-electron chi connectivity index (χ4n) is 0.854. The van der Waals surface area contributed by atoms with E-state index in [2.05, 4.69) is 10.1 Å². The van der Waals surface area contributed by atoms with Crippen molar-refractivity contribution in [3.8, 4) is 0 Å². The first-order valence-electron chi connectivity index (χ1n) is 4.75. The average molecular weight is 218 g/mol. The molecule has 0 heterocycles. The molecule has 0 aromatic rings. The van der Waals surface area contributed by atoms with E-state index in [1.165, 1.54) is 7.11 Å². The van der Waals surface area contributed by atoms with Gasteiger partial charge in [-0.1, -0.05) is 0 Å². The van der Waals surface area contributed by atoms with Crippen molar-refractivity contribution < 1.29 is 19.1 Å². The predicted octanol–water partition coefficient (Wildman–Crippen LogP) is -0.970. The lowest BCUT2D eigenvalue weighted by atomic mass is 10.2. The number of hydrogen-bond donors (Lipinski definition) is 2. The Labute approximate surface area is 89.1 Å². The largest absolute Gasteiger partial charge is 0.469 e. The van der Waals surface area contributed by atoms with E-state index in [0.29, 0.717) is 6.54 Å². The van der Waals surface area contributed by atoms with Gasteiger partial charge in [-0.15, -0.1) is 0 Å². The first-order valence-corrected chi connectivity index (χ1v) is 4.75. The zero-order valence-electron chi connectivity index (χ0n) is 9.12. The van der Waals surface area contributed by atoms with E-state index in [9.17, 15) is 9.59 Å². The average Bonchev–Trinajstić information content (AvgIpc) is 2.25. The summed E-state index contributed by atoms with van der Waals surface area (Å²) in [5.74, 6) is -0.873. The third kappa shape index (κ3) is 6.87. The minimum atomic E-state index is -0.763. The van der Waals surface area contributed by atoms with E-state index in [4.69, 9.17) is 10.5 Å². The minimum Gasteiger partial charge on any atom is -0.469 e. The second-order valence-corrected chi connectivity index (χ2v) is 2.99. The molecule has 0 aliphatic heterocycles. The number of carbonyl (C=O) groups excluding carboxylic acids is 2. The van der Waals surface area contributed by atoms with Crippen molar-refractivity contribution in [3.05, 3.63) is 0 Å². The molecular formula is C9H18N2O4. The molecule has 0 aromatic heterocycles. The number of likely N-dealkylation sites (N-methyl/N-ethyl adjacent to an activating group) is 1. The molecule has 0 unspecified atom stereocenters. The normalized spacial score (nSPS) is 11.9. The fourth-order valence-corrected chi connectivity index (χ4v) is 0.854. The van der Waals surface area contributed by atoms with Gasteiger partial charge in [-0.3, -0.25) is 9.59 Å². The number of carbonyl (C=O) groups is 2. The van der Waals surface area contributed by atoms with Gasteiger partial charge in [0.1, 0.15) is 12.6 Å². The highest BCUT2D eigenvalue weighted by Gasteiger charge is 2.16. The summed E-state index contributed by atoms with van der Waals surface area (Å²) < 4.78 is 9.25. The number of ether oxygens (including phenoxy) is 2. The van der Waals surface area contributed by atoms with E-state index in [1.807, 2.05) is 0 Å². The van der Waals surface area contributed by atoms with Crippen LogP contribution in [0.15, 0.2) is 0 Å². The molecule has 88 valence electrons. The van der Waals surface area contributed by atoms with Gasteiger partial charge in [0.25, 0.3) is 0 Å². The second kappa shape index (κ2) is 8.19. The number of methoxy groups -OCH3 is 1. The van der Waals surface area contributed by atoms with Crippen LogP contribution in [-0.4, -0.2) is 45.3 Å². The van der Waals surface area contributed by atoms with Crippen LogP contribution in [0.25, 0.3) is 0 Å². The highest BCUT2D eigenvalue weighted by Crippen LogP contribution is 1.98. The van der Waals surface area contributed by atoms with Gasteiger partial charge < -0.3 is 20.5 Å². The molecule has 3 N–H and O–H groups in total. The lowest BCUT2D eigenvalue weighted by Gasteiger charge is -2.10. The molecule has 6 nitrogen and oxygen atoms in total. The number of rotatable bonds is 7. The van der Waals surface area contributed by atoms with Crippen LogP contribution in [0.1, 0.15) is 12.8 Å². The molecule has 1 atom stereocenters. The molecule has 0 saturated carbocycles. The smallest absolute Gasteiger partial charge is 0.322 e. The van der Waals surface area contributed by atoms with Crippen LogP contribution in [0.5, 0.6) is 0 Å². The Morgan fingerprint density at radius 2 is 2.13 bits per heavy atom. The van der Waals surface area contributed by atoms with Gasteiger partial charge in [0, 0.05) is 13.0 Å². The molecule has 0 spiro atoms. The molecule has 0 aliphatic carbocycles. The summed E-state index contributed by atoms with van der Waals surface area (Å²) in [6, 6.07) is -0.763. The molecule has 6 heteroatoms. The van der Waals surface area contributed by atoms with Crippen LogP contribution in [0, 0.1) is 0 Å². The second-order valence-electron chi connectivity index (χ2n) is 2.99. The third-order valence-corrected chi connectivity index (χ3v) is 1.79. The summed E-state index contributed by atoms with van der Waals surface area (Å²) in [7, 11) is 3.05. The van der Waals surface area contributed by atoms with Crippen molar-refractivity contribution in [3.63, 3.8) is 0 Å². The highest BCUT2D eigenvalue weighted by atomic mass is 16.5. The summed E-state index contributed by atoms with van der Waals surface area (Å²) in [6.07, 6.45) is 0.365. The van der Waals surface area contributed by atoms with Crippen LogP contribution >= 0.6 is 0 Å². The summed E-state index contributed by atoms with van der Waals surface area (Å²) in [5, 5.41) is 2.83. The number of esters is 2. The summed E-state index contributed by atoms with van der Waals surface area (Å²) in [4.78, 5) is 22.0. The van der Waals surface area contributed by atoms with Crippen LogP contribution in [0.4, 0.5) is 0 Å². The standard InChI is InChI=1S/C9H18N2O4/c1-11-5-6-15-9(13)7(10)3-4-8(12)14-2/h7,11H,3-6,10H2,1-2H3/t7-/m1/s1. The van der Waals surface area contributed by atoms with E-state index in [1.54, 1.807) is 7.05 Å². The summed E-state index contributed by atoms with van der Waals surface area (Å²) in [6.45, 7) is 0.858. The van der Waals surface area contributed by atoms with Gasteiger partial charge in [0.15, 0.2) is 0 Å². The van der Waals surface area contributed by atoms with Gasteiger partial charge in [-0.25, -0.2) is 0 Å². The van der Waals surface area contributed by atoms with Crippen molar-refractivity contribution in [2.75, 3.05) is 27.3 Å². The highest BCUT2D eigenvalue weighted by molar-refractivity contribution is 5.77. The van der Waals surface area contributed by atoms with Gasteiger partial charge in [0.2, 0.25) is 0 Å². The molecule has 0 rings (SSSR count). The molecule has 15 heavy (non-hydrogen) atoms. The Morgan fingerprint density at radius 1 is 1.47 bits per heavy atom. The molecule has 0 fully saturated rings. The Balaban J connectivity index is 3.64. The Bertz CT molecular complexity index is 208. The maximum Gasteiger partial charge on any atom is 0.322 e. The third-order valence-electron chi connectivity index (χ3n) is 1.79. The van der Waals surface area contributed by atoms with Gasteiger partial charge in [-0.2, -0.15) is 0 Å². The van der Waals surface area contributed by atoms with Crippen molar-refractivity contribution in [2.24, 2.45) is 5.73 Å². The van der Waals surface area contributed by atoms with Gasteiger partial charge in [0.05, 0.1) is 7.11 Å². The Morgan fingerprint density at radius 3 is 2.67 bits per heavy atom. The fraction of sp³-hybridized carbons (Fsp3) is 0.778. The zero-order valence-corrected chi connectivity index (χ0v) is 9.12. The molecular weight excluding hydrogens is 200 g/mol. The topological polar surface area (TPSA) is 90.6 Å². The monoisotopic (exact) mass is 218 g/mol. The van der Waals surface area contributed by atoms with Crippen molar-refractivity contribution >= 4 is 11.9 Å². The molecule has 0 aliphatic rings. The maximum absolute atomic E-state index is 11.2. The number of hydrogen-bond acceptors (Lipinski definition) is 6. The van der Waals surface area contributed by atoms with Gasteiger partial charge >= 0.3 is 11.9 Å². The molecule has 0 amide bonds. The molecule has 0 aromatic carbocycles. The van der Waals surface area contributed by atoms with Crippen LogP contribution < -0.4 is 11.1 Å².